The number of carbonyl (C=O) groups is 1. The third kappa shape index (κ3) is 3.71. The molecule has 94 valence electrons. The topological polar surface area (TPSA) is 74.4 Å². The van der Waals surface area contributed by atoms with Crippen LogP contribution in [0.5, 0.6) is 5.75 Å². The Morgan fingerprint density at radius 2 is 2.35 bits per heavy atom. The highest BCUT2D eigenvalue weighted by Crippen LogP contribution is 2.25. The van der Waals surface area contributed by atoms with Crippen molar-refractivity contribution in [3.8, 4) is 5.75 Å². The quantitative estimate of drug-likeness (QED) is 0.729. The number of hydrogen-bond acceptors (Lipinski definition) is 4. The summed E-state index contributed by atoms with van der Waals surface area (Å²) in [5.74, 6) is -0.0501. The number of methoxy groups -OCH3 is 1. The van der Waals surface area contributed by atoms with Gasteiger partial charge in [0.2, 0.25) is 0 Å². The molecule has 1 atom stereocenters. The van der Waals surface area contributed by atoms with Gasteiger partial charge in [-0.05, 0) is 18.6 Å². The molecule has 1 aromatic heterocycles. The lowest BCUT2D eigenvalue weighted by Crippen LogP contribution is -2.25. The molecule has 1 aromatic rings. The van der Waals surface area contributed by atoms with Gasteiger partial charge >= 0.3 is 0 Å². The van der Waals surface area contributed by atoms with Crippen molar-refractivity contribution in [2.24, 2.45) is 5.73 Å². The predicted molar refractivity (Wildman–Crippen MR) is 63.6 cm³/mol. The van der Waals surface area contributed by atoms with E-state index in [0.29, 0.717) is 18.1 Å². The maximum Gasteiger partial charge on any atom is 0.252 e. The number of ether oxygens (including phenoxy) is 2. The normalized spacial score (nSPS) is 12.1. The molecule has 0 aliphatic heterocycles. The van der Waals surface area contributed by atoms with Gasteiger partial charge in [-0.3, -0.25) is 9.78 Å². The number of amides is 1. The van der Waals surface area contributed by atoms with Gasteiger partial charge in [0.15, 0.2) is 6.10 Å². The Morgan fingerprint density at radius 3 is 2.94 bits per heavy atom. The molecule has 0 saturated carbocycles. The Bertz CT molecular complexity index is 369. The number of unbranched alkanes of at least 4 members (excludes halogenated alkanes) is 1. The standard InChI is InChI=1S/C12H18N2O3/c1-3-4-8-17-11(12(13)15)10-9(16-2)6-5-7-14-10/h5-7,11H,3-4,8H2,1-2H3,(H2,13,15). The zero-order chi connectivity index (χ0) is 12.7. The molecule has 0 spiro atoms. The minimum absolute atomic E-state index is 0.429. The second-order valence-electron chi connectivity index (χ2n) is 3.60. The van der Waals surface area contributed by atoms with Gasteiger partial charge in [0.25, 0.3) is 5.91 Å². The van der Waals surface area contributed by atoms with E-state index in [1.165, 1.54) is 7.11 Å². The van der Waals surface area contributed by atoms with E-state index in [1.54, 1.807) is 18.3 Å². The number of primary amides is 1. The van der Waals surface area contributed by atoms with Gasteiger partial charge in [-0.25, -0.2) is 0 Å². The minimum atomic E-state index is -0.849. The first-order chi connectivity index (χ1) is 8.20. The van der Waals surface area contributed by atoms with Gasteiger partial charge in [-0.1, -0.05) is 13.3 Å². The van der Waals surface area contributed by atoms with Crippen LogP contribution in [0.15, 0.2) is 18.3 Å². The number of nitrogens with zero attached hydrogens (tertiary/aromatic N) is 1. The van der Waals surface area contributed by atoms with Crippen LogP contribution in [-0.4, -0.2) is 24.6 Å². The van der Waals surface area contributed by atoms with Crippen molar-refractivity contribution in [2.75, 3.05) is 13.7 Å². The number of rotatable bonds is 7. The molecule has 0 saturated heterocycles. The summed E-state index contributed by atoms with van der Waals surface area (Å²) in [4.78, 5) is 15.5. The Morgan fingerprint density at radius 1 is 1.59 bits per heavy atom. The van der Waals surface area contributed by atoms with Gasteiger partial charge in [-0.2, -0.15) is 0 Å². The molecule has 1 heterocycles. The smallest absolute Gasteiger partial charge is 0.252 e. The Labute approximate surface area is 101 Å². The third-order valence-corrected chi connectivity index (χ3v) is 2.31. The summed E-state index contributed by atoms with van der Waals surface area (Å²) >= 11 is 0. The summed E-state index contributed by atoms with van der Waals surface area (Å²) in [6, 6.07) is 3.45. The van der Waals surface area contributed by atoms with Crippen molar-refractivity contribution in [1.82, 2.24) is 4.98 Å². The van der Waals surface area contributed by atoms with Crippen molar-refractivity contribution < 1.29 is 14.3 Å². The molecule has 1 amide bonds. The fraction of sp³-hybridized carbons (Fsp3) is 0.500. The molecule has 2 N–H and O–H groups in total. The molecular formula is C12H18N2O3. The average molecular weight is 238 g/mol. The van der Waals surface area contributed by atoms with Gasteiger partial charge in [0.1, 0.15) is 11.4 Å². The maximum atomic E-state index is 11.4. The van der Waals surface area contributed by atoms with Crippen LogP contribution >= 0.6 is 0 Å². The van der Waals surface area contributed by atoms with E-state index < -0.39 is 12.0 Å². The van der Waals surface area contributed by atoms with E-state index in [1.807, 2.05) is 6.92 Å². The zero-order valence-electron chi connectivity index (χ0n) is 10.2. The van der Waals surface area contributed by atoms with Crippen molar-refractivity contribution in [1.29, 1.82) is 0 Å². The highest BCUT2D eigenvalue weighted by molar-refractivity contribution is 5.80. The molecule has 0 aliphatic rings. The first-order valence-corrected chi connectivity index (χ1v) is 5.60. The molecule has 1 rings (SSSR count). The summed E-state index contributed by atoms with van der Waals surface area (Å²) in [5.41, 5.74) is 5.74. The number of hydrogen-bond donors (Lipinski definition) is 1. The minimum Gasteiger partial charge on any atom is -0.495 e. The van der Waals surface area contributed by atoms with Crippen LogP contribution in [0.3, 0.4) is 0 Å². The fourth-order valence-corrected chi connectivity index (χ4v) is 1.41. The maximum absolute atomic E-state index is 11.4. The van der Waals surface area contributed by atoms with Crippen LogP contribution < -0.4 is 10.5 Å². The molecule has 0 aromatic carbocycles. The molecular weight excluding hydrogens is 220 g/mol. The molecule has 5 nitrogen and oxygen atoms in total. The van der Waals surface area contributed by atoms with E-state index in [0.717, 1.165) is 12.8 Å². The number of pyridine rings is 1. The third-order valence-electron chi connectivity index (χ3n) is 2.31. The van der Waals surface area contributed by atoms with Gasteiger partial charge in [-0.15, -0.1) is 0 Å². The summed E-state index contributed by atoms with van der Waals surface area (Å²) in [6.07, 6.45) is 2.60. The first-order valence-electron chi connectivity index (χ1n) is 5.60. The van der Waals surface area contributed by atoms with Crippen molar-refractivity contribution in [3.63, 3.8) is 0 Å². The molecule has 0 fully saturated rings. The number of aromatic nitrogens is 1. The largest absolute Gasteiger partial charge is 0.495 e. The average Bonchev–Trinajstić information content (AvgIpc) is 2.34. The highest BCUT2D eigenvalue weighted by Gasteiger charge is 2.23. The van der Waals surface area contributed by atoms with Crippen LogP contribution in [-0.2, 0) is 9.53 Å². The summed E-state index contributed by atoms with van der Waals surface area (Å²) in [5, 5.41) is 0. The molecule has 17 heavy (non-hydrogen) atoms. The Balaban J connectivity index is 2.85. The highest BCUT2D eigenvalue weighted by atomic mass is 16.5. The second kappa shape index (κ2) is 6.85. The lowest BCUT2D eigenvalue weighted by Gasteiger charge is -2.16. The van der Waals surface area contributed by atoms with E-state index in [2.05, 4.69) is 4.98 Å². The monoisotopic (exact) mass is 238 g/mol. The fourth-order valence-electron chi connectivity index (χ4n) is 1.41. The number of carbonyl (C=O) groups excluding carboxylic acids is 1. The molecule has 0 bridgehead atoms. The van der Waals surface area contributed by atoms with Gasteiger partial charge in [0, 0.05) is 12.8 Å². The Hall–Kier alpha value is -1.62. The van der Waals surface area contributed by atoms with Crippen LogP contribution in [0.25, 0.3) is 0 Å². The van der Waals surface area contributed by atoms with Gasteiger partial charge < -0.3 is 15.2 Å². The van der Waals surface area contributed by atoms with E-state index >= 15 is 0 Å². The van der Waals surface area contributed by atoms with E-state index in [4.69, 9.17) is 15.2 Å². The van der Waals surface area contributed by atoms with Crippen LogP contribution in [0.1, 0.15) is 31.6 Å². The van der Waals surface area contributed by atoms with Crippen molar-refractivity contribution in [2.45, 2.75) is 25.9 Å². The lowest BCUT2D eigenvalue weighted by molar-refractivity contribution is -0.130. The van der Waals surface area contributed by atoms with E-state index in [9.17, 15) is 4.79 Å². The summed E-state index contributed by atoms with van der Waals surface area (Å²) in [6.45, 7) is 2.52. The zero-order valence-corrected chi connectivity index (χ0v) is 10.2. The second-order valence-corrected chi connectivity index (χ2v) is 3.60. The lowest BCUT2D eigenvalue weighted by atomic mass is 10.2. The first kappa shape index (κ1) is 13.4. The van der Waals surface area contributed by atoms with Gasteiger partial charge in [0.05, 0.1) is 7.11 Å². The van der Waals surface area contributed by atoms with E-state index in [-0.39, 0.29) is 0 Å². The molecule has 0 aliphatic carbocycles. The Kier molecular flexibility index (Phi) is 5.42. The molecule has 0 radical (unpaired) electrons. The SMILES string of the molecule is CCCCOC(C(N)=O)c1ncccc1OC. The van der Waals surface area contributed by atoms with Crippen molar-refractivity contribution in [3.05, 3.63) is 24.0 Å². The predicted octanol–water partition coefficient (Wildman–Crippen LogP) is 1.43. The van der Waals surface area contributed by atoms with Crippen LogP contribution in [0, 0.1) is 0 Å². The number of nitrogens with two attached hydrogens (primary N) is 1. The van der Waals surface area contributed by atoms with Crippen LogP contribution in [0.4, 0.5) is 0 Å². The molecule has 1 unspecified atom stereocenters. The van der Waals surface area contributed by atoms with Crippen molar-refractivity contribution >= 4 is 5.91 Å². The summed E-state index contributed by atoms with van der Waals surface area (Å²) < 4.78 is 10.6. The molecule has 5 heteroatoms. The summed E-state index contributed by atoms with van der Waals surface area (Å²) in [7, 11) is 1.52. The van der Waals surface area contributed by atoms with Crippen LogP contribution in [0.2, 0.25) is 0 Å².